The van der Waals surface area contributed by atoms with E-state index in [4.69, 9.17) is 20.3 Å². The molecule has 12 nitrogen and oxygen atoms in total. The number of rotatable bonds is 18. The molecule has 3 aromatic carbocycles. The number of fused-ring (bicyclic) bond motifs is 1. The van der Waals surface area contributed by atoms with Gasteiger partial charge in [-0.2, -0.15) is 0 Å². The number of phenolic OH excluding ortho intramolecular Hbond substituents is 1. The fraction of sp³-hybridized carbons (Fsp3) is 0.500. The fourth-order valence-electron chi connectivity index (χ4n) is 8.19. The molecule has 1 aromatic heterocycles. The number of terminal acetylenes is 1. The lowest BCUT2D eigenvalue weighted by Gasteiger charge is -2.47. The lowest BCUT2D eigenvalue weighted by molar-refractivity contribution is -0.131. The molecular weight excluding hydrogens is 811 g/mol. The number of aromatic nitrogens is 1. The Kier molecular flexibility index (Phi) is 16.1. The first-order chi connectivity index (χ1) is 30.1. The van der Waals surface area contributed by atoms with Crippen LogP contribution < -0.4 is 10.9 Å². The molecule has 2 fully saturated rings. The van der Waals surface area contributed by atoms with Gasteiger partial charge in [-0.1, -0.05) is 63.1 Å². The summed E-state index contributed by atoms with van der Waals surface area (Å²) in [6, 6.07) is 22.7. The number of ether oxygens (including phenoxy) is 2. The first kappa shape index (κ1) is 47.7. The zero-order valence-electron chi connectivity index (χ0n) is 38.1. The van der Waals surface area contributed by atoms with Crippen molar-refractivity contribution in [3.8, 4) is 18.1 Å². The van der Waals surface area contributed by atoms with Crippen LogP contribution in [0.15, 0.2) is 77.6 Å². The Labute approximate surface area is 374 Å². The quantitative estimate of drug-likeness (QED) is 0.0580. The van der Waals surface area contributed by atoms with Crippen molar-refractivity contribution in [2.45, 2.75) is 82.7 Å². The minimum absolute atomic E-state index is 0.0157. The van der Waals surface area contributed by atoms with E-state index in [2.05, 4.69) is 79.3 Å². The van der Waals surface area contributed by atoms with E-state index in [1.54, 1.807) is 23.1 Å². The minimum atomic E-state index is -2.21. The summed E-state index contributed by atoms with van der Waals surface area (Å²) in [6.45, 7) is 18.1. The Morgan fingerprint density at radius 1 is 1.02 bits per heavy atom. The molecule has 0 bridgehead atoms. The van der Waals surface area contributed by atoms with Crippen LogP contribution in [-0.2, 0) is 31.5 Å². The van der Waals surface area contributed by atoms with Gasteiger partial charge in [-0.3, -0.25) is 14.4 Å². The van der Waals surface area contributed by atoms with E-state index in [1.807, 2.05) is 36.2 Å². The van der Waals surface area contributed by atoms with Crippen LogP contribution in [0.3, 0.4) is 0 Å². The molecule has 13 heteroatoms. The van der Waals surface area contributed by atoms with Gasteiger partial charge in [-0.25, -0.2) is 0 Å². The van der Waals surface area contributed by atoms with Gasteiger partial charge in [0.1, 0.15) is 5.75 Å². The number of carbonyl (C=O) groups is 2. The van der Waals surface area contributed by atoms with E-state index in [0.29, 0.717) is 75.6 Å². The van der Waals surface area contributed by atoms with Crippen LogP contribution in [0, 0.1) is 12.3 Å². The second-order valence-corrected chi connectivity index (χ2v) is 23.4. The van der Waals surface area contributed by atoms with Crippen LogP contribution in [0.2, 0.25) is 18.1 Å². The first-order valence-electron chi connectivity index (χ1n) is 22.4. The largest absolute Gasteiger partial charge is 0.506 e. The van der Waals surface area contributed by atoms with Gasteiger partial charge in [-0.15, -0.1) is 6.42 Å². The highest BCUT2D eigenvalue weighted by Gasteiger charge is 2.42. The zero-order valence-corrected chi connectivity index (χ0v) is 39.1. The normalized spacial score (nSPS) is 16.2. The number of aromatic amines is 1. The Balaban J connectivity index is 0.884. The SMILES string of the molecule is C#Cc1cccc(C(=O)N2CCOC3(CCN(CCc4cccc(CCOCCC(=O)N(C)CCNC[C@H](O[Si](C)(C)C(C)(C)C)c5ccc(O)c6[nH]c(=O)ccc56)c4)CC3)C2)c1. The second-order valence-electron chi connectivity index (χ2n) is 18.7. The molecule has 3 N–H and O–H groups in total. The molecular formula is C50H67N5O7Si. The monoisotopic (exact) mass is 877 g/mol. The molecule has 338 valence electrons. The van der Waals surface area contributed by atoms with Gasteiger partial charge in [0, 0.05) is 75.4 Å². The molecule has 0 saturated carbocycles. The number of amides is 2. The fourth-order valence-corrected chi connectivity index (χ4v) is 9.47. The van der Waals surface area contributed by atoms with Gasteiger partial charge < -0.3 is 44.0 Å². The van der Waals surface area contributed by atoms with Crippen molar-refractivity contribution in [3.63, 3.8) is 0 Å². The lowest BCUT2D eigenvalue weighted by Crippen LogP contribution is -2.58. The van der Waals surface area contributed by atoms with E-state index in [1.165, 1.54) is 17.2 Å². The number of morpholine rings is 1. The second kappa shape index (κ2) is 21.2. The van der Waals surface area contributed by atoms with Crippen molar-refractivity contribution in [2.24, 2.45) is 0 Å². The van der Waals surface area contributed by atoms with Crippen LogP contribution in [0.5, 0.6) is 5.75 Å². The summed E-state index contributed by atoms with van der Waals surface area (Å²) < 4.78 is 19.2. The average molecular weight is 878 g/mol. The highest BCUT2D eigenvalue weighted by atomic mass is 28.4. The lowest BCUT2D eigenvalue weighted by atomic mass is 9.89. The molecule has 3 heterocycles. The standard InChI is InChI=1S/C50H67N5O7Si/c1-8-37-11-10-14-40(34-37)48(59)55-29-32-61-50(36-55)22-26-54(27-23-50)25-19-38-12-9-13-39(33-38)20-30-60-31-21-46(58)53(5)28-24-51-35-44(62-63(6,7)49(2,3)4)41-15-17-43(56)47-42(41)16-18-45(57)52-47/h1,9-18,33-34,44,51,56H,19-32,35-36H2,2-7H3,(H,52,57)/t44-/m0/s1. The molecule has 2 aliphatic heterocycles. The Bertz CT molecular complexity index is 2290. The number of likely N-dealkylation sites (N-methyl/N-ethyl adjacent to an activating group) is 1. The molecule has 0 unspecified atom stereocenters. The third-order valence-corrected chi connectivity index (χ3v) is 17.6. The third kappa shape index (κ3) is 12.7. The first-order valence-corrected chi connectivity index (χ1v) is 25.3. The summed E-state index contributed by atoms with van der Waals surface area (Å²) in [5.74, 6) is 2.68. The number of piperidine rings is 1. The average Bonchev–Trinajstić information content (AvgIpc) is 3.27. The van der Waals surface area contributed by atoms with Crippen molar-refractivity contribution in [3.05, 3.63) is 111 Å². The van der Waals surface area contributed by atoms with Crippen LogP contribution >= 0.6 is 0 Å². The molecule has 2 saturated heterocycles. The van der Waals surface area contributed by atoms with Crippen molar-refractivity contribution < 1.29 is 28.6 Å². The van der Waals surface area contributed by atoms with Crippen molar-refractivity contribution >= 4 is 31.0 Å². The van der Waals surface area contributed by atoms with Gasteiger partial charge in [0.2, 0.25) is 11.5 Å². The molecule has 1 atom stereocenters. The number of likely N-dealkylation sites (tertiary alicyclic amines) is 1. The number of pyridine rings is 1. The summed E-state index contributed by atoms with van der Waals surface area (Å²) in [5.41, 5.74) is 4.57. The molecule has 1 spiro atoms. The maximum absolute atomic E-state index is 13.3. The summed E-state index contributed by atoms with van der Waals surface area (Å²) in [4.78, 5) is 47.3. The zero-order chi connectivity index (χ0) is 45.2. The summed E-state index contributed by atoms with van der Waals surface area (Å²) in [7, 11) is -0.396. The number of hydrogen-bond acceptors (Lipinski definition) is 9. The Morgan fingerprint density at radius 3 is 2.51 bits per heavy atom. The van der Waals surface area contributed by atoms with Gasteiger partial charge in [-0.05, 0) is 90.8 Å². The van der Waals surface area contributed by atoms with E-state index < -0.39 is 8.32 Å². The van der Waals surface area contributed by atoms with E-state index in [-0.39, 0.29) is 39.9 Å². The molecule has 2 aliphatic rings. The van der Waals surface area contributed by atoms with Crippen LogP contribution in [0.4, 0.5) is 0 Å². The maximum atomic E-state index is 13.3. The third-order valence-electron chi connectivity index (χ3n) is 13.2. The van der Waals surface area contributed by atoms with Gasteiger partial charge in [0.15, 0.2) is 8.32 Å². The molecule has 63 heavy (non-hydrogen) atoms. The number of H-pyrrole nitrogens is 1. The Hall–Kier alpha value is -4.81. The Morgan fingerprint density at radius 2 is 1.76 bits per heavy atom. The van der Waals surface area contributed by atoms with Gasteiger partial charge >= 0.3 is 0 Å². The molecule has 6 rings (SSSR count). The summed E-state index contributed by atoms with van der Waals surface area (Å²) >= 11 is 0. The smallest absolute Gasteiger partial charge is 0.254 e. The van der Waals surface area contributed by atoms with E-state index >= 15 is 0 Å². The van der Waals surface area contributed by atoms with Crippen molar-refractivity contribution in [2.75, 3.05) is 79.2 Å². The number of carbonyl (C=O) groups excluding carboxylic acids is 2. The molecule has 0 radical (unpaired) electrons. The number of aromatic hydroxyl groups is 1. The minimum Gasteiger partial charge on any atom is -0.506 e. The highest BCUT2D eigenvalue weighted by molar-refractivity contribution is 6.74. The van der Waals surface area contributed by atoms with Crippen molar-refractivity contribution in [1.29, 1.82) is 0 Å². The summed E-state index contributed by atoms with van der Waals surface area (Å²) in [5, 5.41) is 14.7. The number of benzene rings is 3. The van der Waals surface area contributed by atoms with Crippen LogP contribution in [0.25, 0.3) is 10.9 Å². The van der Waals surface area contributed by atoms with Gasteiger partial charge in [0.25, 0.3) is 5.91 Å². The van der Waals surface area contributed by atoms with Crippen LogP contribution in [-0.4, -0.2) is 130 Å². The van der Waals surface area contributed by atoms with E-state index in [0.717, 1.165) is 56.3 Å². The highest BCUT2D eigenvalue weighted by Crippen LogP contribution is 2.41. The number of hydrogen-bond donors (Lipinski definition) is 3. The number of nitrogens with one attached hydrogen (secondary N) is 2. The maximum Gasteiger partial charge on any atom is 0.254 e. The predicted octanol–water partition coefficient (Wildman–Crippen LogP) is 6.53. The van der Waals surface area contributed by atoms with Gasteiger partial charge in [0.05, 0.1) is 50.0 Å². The number of phenols is 1. The van der Waals surface area contributed by atoms with Crippen LogP contribution in [0.1, 0.15) is 78.7 Å². The van der Waals surface area contributed by atoms with E-state index in [9.17, 15) is 19.5 Å². The topological polar surface area (TPSA) is 137 Å². The molecule has 2 amide bonds. The van der Waals surface area contributed by atoms with Crippen molar-refractivity contribution in [1.82, 2.24) is 25.0 Å². The number of nitrogens with zero attached hydrogens (tertiary/aromatic N) is 3. The predicted molar refractivity (Wildman–Crippen MR) is 252 cm³/mol. The summed E-state index contributed by atoms with van der Waals surface area (Å²) in [6.07, 6.45) is 9.07. The molecule has 4 aromatic rings. The molecule has 0 aliphatic carbocycles.